The topological polar surface area (TPSA) is 64.9 Å². The molecule has 80 valence electrons. The average molecular weight is 197 g/mol. The summed E-state index contributed by atoms with van der Waals surface area (Å²) in [6.07, 6.45) is 5.05. The third-order valence-corrected chi connectivity index (χ3v) is 2.15. The predicted octanol–water partition coefficient (Wildman–Crippen LogP) is 2.21. The summed E-state index contributed by atoms with van der Waals surface area (Å²) in [5.74, 6) is 1.36. The van der Waals surface area contributed by atoms with Crippen molar-refractivity contribution in [2.45, 2.75) is 52.0 Å². The van der Waals surface area contributed by atoms with Crippen LogP contribution in [-0.2, 0) is 6.42 Å². The zero-order valence-corrected chi connectivity index (χ0v) is 8.99. The third kappa shape index (κ3) is 3.10. The number of hydrogen-bond acceptors (Lipinski definition) is 4. The number of hydrogen-bond donors (Lipinski definition) is 1. The molecule has 0 bridgehead atoms. The van der Waals surface area contributed by atoms with Crippen LogP contribution in [0, 0.1) is 0 Å². The molecule has 2 N–H and O–H groups in total. The van der Waals surface area contributed by atoms with E-state index in [1.54, 1.807) is 0 Å². The van der Waals surface area contributed by atoms with Crippen LogP contribution >= 0.6 is 0 Å². The van der Waals surface area contributed by atoms with Crippen LogP contribution in [0.5, 0.6) is 0 Å². The first kappa shape index (κ1) is 11.2. The zero-order chi connectivity index (χ0) is 10.4. The van der Waals surface area contributed by atoms with E-state index in [9.17, 15) is 0 Å². The minimum Gasteiger partial charge on any atom is -0.339 e. The maximum absolute atomic E-state index is 5.91. The molecule has 1 heterocycles. The van der Waals surface area contributed by atoms with Gasteiger partial charge in [0.05, 0.1) is 6.04 Å². The first-order valence-corrected chi connectivity index (χ1v) is 5.36. The lowest BCUT2D eigenvalue weighted by atomic mass is 10.1. The van der Waals surface area contributed by atoms with Crippen molar-refractivity contribution in [1.82, 2.24) is 10.1 Å². The number of nitrogens with zero attached hydrogens (tertiary/aromatic N) is 2. The molecule has 1 unspecified atom stereocenters. The second kappa shape index (κ2) is 5.75. The Morgan fingerprint density at radius 2 is 2.14 bits per heavy atom. The number of aromatic nitrogens is 2. The Bertz CT molecular complexity index is 260. The zero-order valence-electron chi connectivity index (χ0n) is 8.99. The maximum atomic E-state index is 5.91. The molecule has 0 spiro atoms. The van der Waals surface area contributed by atoms with Crippen LogP contribution in [0.4, 0.5) is 0 Å². The fourth-order valence-corrected chi connectivity index (χ4v) is 1.29. The molecule has 0 fully saturated rings. The second-order valence-electron chi connectivity index (χ2n) is 3.55. The molecular weight excluding hydrogens is 178 g/mol. The summed E-state index contributed by atoms with van der Waals surface area (Å²) in [5.41, 5.74) is 5.91. The van der Waals surface area contributed by atoms with Gasteiger partial charge in [-0.3, -0.25) is 0 Å². The fourth-order valence-electron chi connectivity index (χ4n) is 1.29. The second-order valence-corrected chi connectivity index (χ2v) is 3.55. The fraction of sp³-hybridized carbons (Fsp3) is 0.800. The Morgan fingerprint density at radius 3 is 2.79 bits per heavy atom. The predicted molar refractivity (Wildman–Crippen MR) is 54.7 cm³/mol. The molecule has 1 aromatic heterocycles. The molecule has 0 aliphatic heterocycles. The molecule has 0 saturated heterocycles. The minimum absolute atomic E-state index is 0.0655. The van der Waals surface area contributed by atoms with Crippen molar-refractivity contribution in [3.63, 3.8) is 0 Å². The van der Waals surface area contributed by atoms with Crippen LogP contribution in [0.3, 0.4) is 0 Å². The molecule has 0 radical (unpaired) electrons. The third-order valence-electron chi connectivity index (χ3n) is 2.15. The molecule has 1 rings (SSSR count). The van der Waals surface area contributed by atoms with Gasteiger partial charge in [-0.05, 0) is 12.8 Å². The summed E-state index contributed by atoms with van der Waals surface area (Å²) in [7, 11) is 0. The van der Waals surface area contributed by atoms with Crippen molar-refractivity contribution in [3.8, 4) is 0 Å². The van der Waals surface area contributed by atoms with Crippen LogP contribution in [-0.4, -0.2) is 10.1 Å². The Balaban J connectivity index is 2.48. The highest BCUT2D eigenvalue weighted by Gasteiger charge is 2.12. The lowest BCUT2D eigenvalue weighted by Gasteiger charge is -2.03. The lowest BCUT2D eigenvalue weighted by Crippen LogP contribution is -2.11. The van der Waals surface area contributed by atoms with E-state index >= 15 is 0 Å². The molecule has 14 heavy (non-hydrogen) atoms. The van der Waals surface area contributed by atoms with Gasteiger partial charge in [0, 0.05) is 6.42 Å². The Hall–Kier alpha value is -0.900. The van der Waals surface area contributed by atoms with Crippen molar-refractivity contribution in [2.24, 2.45) is 5.73 Å². The first-order chi connectivity index (χ1) is 6.77. The van der Waals surface area contributed by atoms with Crippen molar-refractivity contribution >= 4 is 0 Å². The molecule has 0 aliphatic carbocycles. The van der Waals surface area contributed by atoms with Gasteiger partial charge in [0.25, 0.3) is 0 Å². The number of unbranched alkanes of at least 4 members (excludes halogenated alkanes) is 1. The van der Waals surface area contributed by atoms with E-state index in [1.807, 2.05) is 0 Å². The Labute approximate surface area is 84.9 Å². The summed E-state index contributed by atoms with van der Waals surface area (Å²) < 4.78 is 5.07. The highest BCUT2D eigenvalue weighted by atomic mass is 16.5. The quantitative estimate of drug-likeness (QED) is 0.759. The standard InChI is InChI=1S/C10H19N3O/c1-3-5-7-8(11)10-12-9(6-4-2)14-13-10/h8H,3-7,11H2,1-2H3. The van der Waals surface area contributed by atoms with Gasteiger partial charge in [0.15, 0.2) is 5.82 Å². The Morgan fingerprint density at radius 1 is 1.36 bits per heavy atom. The van der Waals surface area contributed by atoms with Crippen LogP contribution in [0.15, 0.2) is 4.52 Å². The number of aryl methyl sites for hydroxylation is 1. The number of nitrogens with two attached hydrogens (primary N) is 1. The molecule has 1 atom stereocenters. The van der Waals surface area contributed by atoms with Crippen molar-refractivity contribution in [1.29, 1.82) is 0 Å². The molecular formula is C10H19N3O. The van der Waals surface area contributed by atoms with Gasteiger partial charge in [-0.15, -0.1) is 0 Å². The van der Waals surface area contributed by atoms with Gasteiger partial charge in [0.1, 0.15) is 0 Å². The largest absolute Gasteiger partial charge is 0.339 e. The van der Waals surface area contributed by atoms with Crippen molar-refractivity contribution in [2.75, 3.05) is 0 Å². The van der Waals surface area contributed by atoms with E-state index in [0.717, 1.165) is 32.1 Å². The van der Waals surface area contributed by atoms with E-state index in [0.29, 0.717) is 11.7 Å². The first-order valence-electron chi connectivity index (χ1n) is 5.36. The molecule has 4 heteroatoms. The van der Waals surface area contributed by atoms with E-state index < -0.39 is 0 Å². The highest BCUT2D eigenvalue weighted by Crippen LogP contribution is 2.13. The highest BCUT2D eigenvalue weighted by molar-refractivity contribution is 4.92. The van der Waals surface area contributed by atoms with E-state index in [2.05, 4.69) is 24.0 Å². The molecule has 0 amide bonds. The van der Waals surface area contributed by atoms with Crippen LogP contribution in [0.2, 0.25) is 0 Å². The Kier molecular flexibility index (Phi) is 4.59. The van der Waals surface area contributed by atoms with Crippen molar-refractivity contribution in [3.05, 3.63) is 11.7 Å². The summed E-state index contributed by atoms with van der Waals surface area (Å²) in [5, 5.41) is 3.88. The molecule has 0 aliphatic rings. The molecule has 0 aromatic carbocycles. The number of rotatable bonds is 6. The van der Waals surface area contributed by atoms with Gasteiger partial charge >= 0.3 is 0 Å². The van der Waals surface area contributed by atoms with Crippen LogP contribution in [0.1, 0.15) is 57.3 Å². The van der Waals surface area contributed by atoms with Gasteiger partial charge in [-0.25, -0.2) is 0 Å². The van der Waals surface area contributed by atoms with Crippen LogP contribution in [0.25, 0.3) is 0 Å². The van der Waals surface area contributed by atoms with Gasteiger partial charge < -0.3 is 10.3 Å². The van der Waals surface area contributed by atoms with Gasteiger partial charge in [0.2, 0.25) is 5.89 Å². The monoisotopic (exact) mass is 197 g/mol. The average Bonchev–Trinajstić information content (AvgIpc) is 2.63. The molecule has 1 aromatic rings. The van der Waals surface area contributed by atoms with E-state index in [1.165, 1.54) is 0 Å². The van der Waals surface area contributed by atoms with Crippen LogP contribution < -0.4 is 5.73 Å². The SMILES string of the molecule is CCCCC(N)c1noc(CCC)n1. The molecule has 4 nitrogen and oxygen atoms in total. The summed E-state index contributed by atoms with van der Waals surface area (Å²) in [6.45, 7) is 4.23. The van der Waals surface area contributed by atoms with Gasteiger partial charge in [-0.1, -0.05) is 31.8 Å². The summed E-state index contributed by atoms with van der Waals surface area (Å²) >= 11 is 0. The van der Waals surface area contributed by atoms with Gasteiger partial charge in [-0.2, -0.15) is 4.98 Å². The lowest BCUT2D eigenvalue weighted by molar-refractivity contribution is 0.367. The molecule has 0 saturated carbocycles. The normalized spacial score (nSPS) is 13.1. The minimum atomic E-state index is -0.0655. The van der Waals surface area contributed by atoms with E-state index in [-0.39, 0.29) is 6.04 Å². The smallest absolute Gasteiger partial charge is 0.226 e. The summed E-state index contributed by atoms with van der Waals surface area (Å²) in [6, 6.07) is -0.0655. The van der Waals surface area contributed by atoms with E-state index in [4.69, 9.17) is 10.3 Å². The maximum Gasteiger partial charge on any atom is 0.226 e. The summed E-state index contributed by atoms with van der Waals surface area (Å²) in [4.78, 5) is 4.25. The van der Waals surface area contributed by atoms with Crippen molar-refractivity contribution < 1.29 is 4.52 Å².